The summed E-state index contributed by atoms with van der Waals surface area (Å²) in [5, 5.41) is 20.2. The summed E-state index contributed by atoms with van der Waals surface area (Å²) in [6.45, 7) is 4.44. The largest absolute Gasteiger partial charge is 3.00 e. The predicted octanol–water partition coefficient (Wildman–Crippen LogP) is 1.94. The zero-order valence-electron chi connectivity index (χ0n) is 19.7. The van der Waals surface area contributed by atoms with Crippen LogP contribution in [-0.2, 0) is 9.59 Å². The molecule has 0 spiro atoms. The molecule has 30 heavy (non-hydrogen) atoms. The van der Waals surface area contributed by atoms with Crippen LogP contribution >= 0.6 is 0 Å². The van der Waals surface area contributed by atoms with Crippen molar-refractivity contribution in [2.45, 2.75) is 142 Å². The topological polar surface area (TPSA) is 80.3 Å². The van der Waals surface area contributed by atoms with Gasteiger partial charge in [-0.05, 0) is 25.7 Å². The number of hydrogen-bond donors (Lipinski definition) is 0. The molecule has 0 bridgehead atoms. The van der Waals surface area contributed by atoms with Gasteiger partial charge in [0.25, 0.3) is 0 Å². The van der Waals surface area contributed by atoms with Gasteiger partial charge in [0.15, 0.2) is 0 Å². The minimum Gasteiger partial charge on any atom is -1.00 e. The average molecular weight is 593 g/mol. The molecule has 0 saturated heterocycles. The van der Waals surface area contributed by atoms with Crippen molar-refractivity contribution in [3.8, 4) is 0 Å². The number of rotatable bonds is 20. The normalized spacial score (nSPS) is 9.67. The summed E-state index contributed by atoms with van der Waals surface area (Å²) in [5.74, 6) is -1.82. The first kappa shape index (κ1) is 37.6. The van der Waals surface area contributed by atoms with E-state index in [9.17, 15) is 19.8 Å². The van der Waals surface area contributed by atoms with E-state index < -0.39 is 11.9 Å². The molecular formula is C24H46BrInO4. The fourth-order valence-corrected chi connectivity index (χ4v) is 3.16. The van der Waals surface area contributed by atoms with Crippen LogP contribution in [0.5, 0.6) is 0 Å². The number of aliphatic carboxylic acids is 2. The zero-order valence-corrected chi connectivity index (χ0v) is 24.6. The Kier molecular flexibility index (Phi) is 42.5. The third kappa shape index (κ3) is 42.4. The third-order valence-electron chi connectivity index (χ3n) is 4.97. The van der Waals surface area contributed by atoms with Gasteiger partial charge in [0.05, 0.1) is 0 Å². The van der Waals surface area contributed by atoms with Crippen molar-refractivity contribution < 1.29 is 36.8 Å². The number of hydrogen-bond acceptors (Lipinski definition) is 4. The molecule has 0 aromatic heterocycles. The van der Waals surface area contributed by atoms with Crippen LogP contribution in [0.3, 0.4) is 0 Å². The van der Waals surface area contributed by atoms with Gasteiger partial charge in [0.2, 0.25) is 0 Å². The van der Waals surface area contributed by atoms with Gasteiger partial charge in [-0.15, -0.1) is 0 Å². The van der Waals surface area contributed by atoms with Gasteiger partial charge in [0.1, 0.15) is 0 Å². The Morgan fingerprint density at radius 3 is 0.867 bits per heavy atom. The van der Waals surface area contributed by atoms with E-state index in [-0.39, 0.29) is 55.7 Å². The van der Waals surface area contributed by atoms with E-state index >= 15 is 0 Å². The van der Waals surface area contributed by atoms with E-state index in [1.54, 1.807) is 0 Å². The van der Waals surface area contributed by atoms with Gasteiger partial charge in [-0.2, -0.15) is 0 Å². The molecule has 0 aromatic carbocycles. The average Bonchev–Trinajstić information content (AvgIpc) is 2.65. The Morgan fingerprint density at radius 2 is 0.667 bits per heavy atom. The van der Waals surface area contributed by atoms with Crippen LogP contribution in [0.2, 0.25) is 0 Å². The fourth-order valence-electron chi connectivity index (χ4n) is 3.16. The molecule has 0 aromatic rings. The second-order valence-electron chi connectivity index (χ2n) is 7.90. The maximum absolute atomic E-state index is 10.1. The second kappa shape index (κ2) is 33.9. The van der Waals surface area contributed by atoms with Gasteiger partial charge < -0.3 is 36.8 Å². The standard InChI is InChI=1S/2C12H24O2.BrH.In/c2*1-2-3-4-5-6-7-8-9-10-11-12(13)14;;/h2*2-11H2,1H3,(H,13,14);1H;/q;;;+3/p-3. The monoisotopic (exact) mass is 592 g/mol. The smallest absolute Gasteiger partial charge is 1.00 e. The number of carboxylic acids is 2. The van der Waals surface area contributed by atoms with Crippen LogP contribution in [0.15, 0.2) is 0 Å². The molecule has 6 heteroatoms. The maximum atomic E-state index is 10.1. The number of carboxylic acid groups (broad SMARTS) is 2. The van der Waals surface area contributed by atoms with Crippen molar-refractivity contribution in [1.29, 1.82) is 0 Å². The molecule has 0 unspecified atom stereocenters. The predicted molar refractivity (Wildman–Crippen MR) is 119 cm³/mol. The molecule has 0 fully saturated rings. The van der Waals surface area contributed by atoms with Crippen LogP contribution in [0.1, 0.15) is 142 Å². The van der Waals surface area contributed by atoms with Gasteiger partial charge in [-0.3, -0.25) is 0 Å². The summed E-state index contributed by atoms with van der Waals surface area (Å²) in [6, 6.07) is 0. The summed E-state index contributed by atoms with van der Waals surface area (Å²) >= 11 is 0. The summed E-state index contributed by atoms with van der Waals surface area (Å²) in [7, 11) is 0. The first-order chi connectivity index (χ1) is 13.5. The Morgan fingerprint density at radius 1 is 0.467 bits per heavy atom. The van der Waals surface area contributed by atoms with E-state index in [2.05, 4.69) is 13.8 Å². The molecule has 176 valence electrons. The fraction of sp³-hybridized carbons (Fsp3) is 0.917. The molecule has 0 aliphatic heterocycles. The van der Waals surface area contributed by atoms with Crippen LogP contribution in [0.25, 0.3) is 0 Å². The van der Waals surface area contributed by atoms with Crippen molar-refractivity contribution in [3.63, 3.8) is 0 Å². The van der Waals surface area contributed by atoms with Crippen LogP contribution in [-0.4, -0.2) is 37.8 Å². The second-order valence-corrected chi connectivity index (χ2v) is 7.90. The van der Waals surface area contributed by atoms with E-state index in [0.29, 0.717) is 0 Å². The molecule has 0 N–H and O–H groups in total. The molecule has 0 aliphatic rings. The number of halogens is 1. The van der Waals surface area contributed by atoms with E-state index in [4.69, 9.17) is 0 Å². The van der Waals surface area contributed by atoms with Crippen LogP contribution in [0.4, 0.5) is 0 Å². The Hall–Kier alpha value is 0.290. The molecule has 0 atom stereocenters. The minimum atomic E-state index is -0.909. The van der Waals surface area contributed by atoms with Crippen molar-refractivity contribution in [2.75, 3.05) is 0 Å². The van der Waals surface area contributed by atoms with Crippen molar-refractivity contribution >= 4 is 37.8 Å². The van der Waals surface area contributed by atoms with Gasteiger partial charge in [0, 0.05) is 11.9 Å². The molecule has 0 amide bonds. The number of carbonyl (C=O) groups is 2. The summed E-state index contributed by atoms with van der Waals surface area (Å²) in [5.41, 5.74) is 0. The first-order valence-electron chi connectivity index (χ1n) is 11.9. The molecule has 0 saturated carbocycles. The minimum absolute atomic E-state index is 0. The van der Waals surface area contributed by atoms with E-state index in [0.717, 1.165) is 25.7 Å². The van der Waals surface area contributed by atoms with Gasteiger partial charge in [-0.1, -0.05) is 117 Å². The molecule has 0 heterocycles. The molecule has 4 nitrogen and oxygen atoms in total. The zero-order chi connectivity index (χ0) is 21.3. The molecule has 0 radical (unpaired) electrons. The third-order valence-corrected chi connectivity index (χ3v) is 4.97. The van der Waals surface area contributed by atoms with Crippen molar-refractivity contribution in [1.82, 2.24) is 0 Å². The summed E-state index contributed by atoms with van der Waals surface area (Å²) < 4.78 is 0. The van der Waals surface area contributed by atoms with Crippen LogP contribution in [0, 0.1) is 0 Å². The van der Waals surface area contributed by atoms with Gasteiger partial charge >= 0.3 is 25.8 Å². The first-order valence-corrected chi connectivity index (χ1v) is 11.9. The van der Waals surface area contributed by atoms with E-state index in [1.807, 2.05) is 0 Å². The molecular weight excluding hydrogens is 547 g/mol. The van der Waals surface area contributed by atoms with Crippen LogP contribution < -0.4 is 27.2 Å². The Balaban J connectivity index is -0.000000211. The molecule has 0 rings (SSSR count). The van der Waals surface area contributed by atoms with Gasteiger partial charge in [-0.25, -0.2) is 0 Å². The quantitative estimate of drug-likeness (QED) is 0.202. The Labute approximate surface area is 215 Å². The maximum Gasteiger partial charge on any atom is 3.00 e. The SMILES string of the molecule is CCCCCCCCCCCC(=O)[O-].CCCCCCCCCCCC(=O)[O-].[Br-].[In+3]. The van der Waals surface area contributed by atoms with E-state index in [1.165, 1.54) is 89.9 Å². The molecule has 0 aliphatic carbocycles. The van der Waals surface area contributed by atoms with Crippen molar-refractivity contribution in [3.05, 3.63) is 0 Å². The Bertz CT molecular complexity index is 309. The number of unbranched alkanes of at least 4 members (excludes halogenated alkanes) is 16. The summed E-state index contributed by atoms with van der Waals surface area (Å²) in [6.07, 6.45) is 22.3. The van der Waals surface area contributed by atoms with Crippen molar-refractivity contribution in [2.24, 2.45) is 0 Å². The summed E-state index contributed by atoms with van der Waals surface area (Å²) in [4.78, 5) is 20.2. The number of carbonyl (C=O) groups excluding carboxylic acids is 2.